The Morgan fingerprint density at radius 3 is 2.82 bits per heavy atom. The summed E-state index contributed by atoms with van der Waals surface area (Å²) in [4.78, 5) is 18.6. The number of amides is 2. The molecule has 2 aromatic rings. The molecule has 0 spiro atoms. The number of nitrogens with one attached hydrogen (secondary N) is 1. The molecule has 3 heterocycles. The highest BCUT2D eigenvalue weighted by Crippen LogP contribution is 2.32. The van der Waals surface area contributed by atoms with Gasteiger partial charge in [-0.2, -0.15) is 5.10 Å². The quantitative estimate of drug-likeness (QED) is 0.797. The van der Waals surface area contributed by atoms with Crippen molar-refractivity contribution in [2.24, 2.45) is 5.92 Å². The first-order valence-corrected chi connectivity index (χ1v) is 10.00. The van der Waals surface area contributed by atoms with Crippen molar-refractivity contribution in [3.8, 4) is 0 Å². The molecule has 2 N–H and O–H groups in total. The zero-order valence-corrected chi connectivity index (χ0v) is 16.0. The summed E-state index contributed by atoms with van der Waals surface area (Å²) in [5, 5.41) is 18.3. The number of aromatic nitrogens is 3. The van der Waals surface area contributed by atoms with Crippen molar-refractivity contribution in [2.75, 3.05) is 18.4 Å². The van der Waals surface area contributed by atoms with E-state index in [1.54, 1.807) is 23.5 Å². The number of pyridine rings is 1. The summed E-state index contributed by atoms with van der Waals surface area (Å²) in [6.45, 7) is 1.81. The number of hydrogen-bond acceptors (Lipinski definition) is 4. The molecule has 7 nitrogen and oxygen atoms in total. The summed E-state index contributed by atoms with van der Waals surface area (Å²) in [7, 11) is 0. The van der Waals surface area contributed by atoms with Crippen LogP contribution in [0.5, 0.6) is 0 Å². The van der Waals surface area contributed by atoms with Crippen molar-refractivity contribution in [3.63, 3.8) is 0 Å². The van der Waals surface area contributed by atoms with E-state index in [0.29, 0.717) is 31.8 Å². The number of nitrogens with zero attached hydrogens (tertiary/aromatic N) is 4. The van der Waals surface area contributed by atoms with E-state index >= 15 is 0 Å². The molecule has 1 aliphatic heterocycles. The number of urea groups is 1. The largest absolute Gasteiger partial charge is 0.385 e. The molecule has 1 atom stereocenters. The van der Waals surface area contributed by atoms with E-state index in [2.05, 4.69) is 27.6 Å². The second-order valence-corrected chi connectivity index (χ2v) is 7.74. The van der Waals surface area contributed by atoms with Crippen molar-refractivity contribution in [2.45, 2.75) is 44.2 Å². The third-order valence-electron chi connectivity index (χ3n) is 5.84. The number of rotatable bonds is 4. The number of aliphatic hydroxyl groups is 1. The zero-order chi connectivity index (χ0) is 19.4. The van der Waals surface area contributed by atoms with Crippen molar-refractivity contribution >= 4 is 11.8 Å². The first-order chi connectivity index (χ1) is 13.6. The van der Waals surface area contributed by atoms with E-state index in [-0.39, 0.29) is 6.03 Å². The van der Waals surface area contributed by atoms with Gasteiger partial charge < -0.3 is 10.0 Å². The SMILES string of the molecule is O=C(Nc1ccnn1C[C@H]1CC=CCC1)N1CCC(O)(c2cccnc2)CC1. The van der Waals surface area contributed by atoms with E-state index in [0.717, 1.165) is 37.2 Å². The van der Waals surface area contributed by atoms with Gasteiger partial charge in [0.1, 0.15) is 5.82 Å². The van der Waals surface area contributed by atoms with E-state index in [1.807, 2.05) is 22.9 Å². The summed E-state index contributed by atoms with van der Waals surface area (Å²) in [5.41, 5.74) is -0.101. The second kappa shape index (κ2) is 8.14. The maximum atomic E-state index is 12.7. The Kier molecular flexibility index (Phi) is 5.43. The van der Waals surface area contributed by atoms with Gasteiger partial charge in [0.15, 0.2) is 0 Å². The second-order valence-electron chi connectivity index (χ2n) is 7.74. The fraction of sp³-hybridized carbons (Fsp3) is 0.476. The molecule has 0 unspecified atom stereocenters. The average Bonchev–Trinajstić information content (AvgIpc) is 3.16. The molecule has 2 aliphatic rings. The lowest BCUT2D eigenvalue weighted by Crippen LogP contribution is -2.46. The Balaban J connectivity index is 1.34. The number of anilines is 1. The first-order valence-electron chi connectivity index (χ1n) is 10.00. The van der Waals surface area contributed by atoms with Gasteiger partial charge in [-0.3, -0.25) is 10.3 Å². The van der Waals surface area contributed by atoms with Crippen LogP contribution in [0.3, 0.4) is 0 Å². The van der Waals surface area contributed by atoms with Gasteiger partial charge in [0.2, 0.25) is 0 Å². The molecule has 1 aliphatic carbocycles. The fourth-order valence-electron chi connectivity index (χ4n) is 4.05. The highest BCUT2D eigenvalue weighted by atomic mass is 16.3. The lowest BCUT2D eigenvalue weighted by atomic mass is 9.85. The summed E-state index contributed by atoms with van der Waals surface area (Å²) in [5.74, 6) is 1.29. The van der Waals surface area contributed by atoms with Gasteiger partial charge in [-0.15, -0.1) is 0 Å². The normalized spacial score (nSPS) is 21.5. The van der Waals surface area contributed by atoms with Crippen LogP contribution in [0.1, 0.15) is 37.7 Å². The van der Waals surface area contributed by atoms with Gasteiger partial charge in [-0.1, -0.05) is 18.2 Å². The Morgan fingerprint density at radius 1 is 1.25 bits per heavy atom. The number of likely N-dealkylation sites (tertiary alicyclic amines) is 1. The van der Waals surface area contributed by atoms with E-state index < -0.39 is 5.60 Å². The number of carbonyl (C=O) groups is 1. The Labute approximate surface area is 165 Å². The Bertz CT molecular complexity index is 824. The third-order valence-corrected chi connectivity index (χ3v) is 5.84. The van der Waals surface area contributed by atoms with Crippen LogP contribution in [0.4, 0.5) is 10.6 Å². The molecule has 4 rings (SSSR count). The maximum absolute atomic E-state index is 12.7. The van der Waals surface area contributed by atoms with E-state index in [4.69, 9.17) is 0 Å². The van der Waals surface area contributed by atoms with Gasteiger partial charge in [0, 0.05) is 43.7 Å². The Morgan fingerprint density at radius 2 is 2.11 bits per heavy atom. The van der Waals surface area contributed by atoms with Crippen LogP contribution in [0, 0.1) is 5.92 Å². The van der Waals surface area contributed by atoms with Crippen molar-refractivity contribution in [1.29, 1.82) is 0 Å². The van der Waals surface area contributed by atoms with Crippen LogP contribution in [0.15, 0.2) is 48.9 Å². The minimum atomic E-state index is -0.915. The standard InChI is InChI=1S/C21H27N5O2/c27-20(24-19-8-12-23-26(19)16-17-5-2-1-3-6-17)25-13-9-21(28,10-14-25)18-7-4-11-22-15-18/h1-2,4,7-8,11-12,15,17,28H,3,5-6,9-10,13-14,16H2,(H,24,27)/t17-/m0/s1. The number of carbonyl (C=O) groups excluding carboxylic acids is 1. The van der Waals surface area contributed by atoms with Crippen LogP contribution < -0.4 is 5.32 Å². The van der Waals surface area contributed by atoms with Crippen molar-refractivity contribution in [1.82, 2.24) is 19.7 Å². The minimum absolute atomic E-state index is 0.140. The molecule has 1 fully saturated rings. The number of piperidine rings is 1. The lowest BCUT2D eigenvalue weighted by molar-refractivity contribution is -0.0159. The fourth-order valence-corrected chi connectivity index (χ4v) is 4.05. The monoisotopic (exact) mass is 381 g/mol. The molecule has 2 aromatic heterocycles. The molecule has 0 aromatic carbocycles. The third kappa shape index (κ3) is 4.09. The van der Waals surface area contributed by atoms with Gasteiger partial charge in [-0.05, 0) is 44.1 Å². The zero-order valence-electron chi connectivity index (χ0n) is 16.0. The van der Waals surface area contributed by atoms with Crippen LogP contribution in [0.25, 0.3) is 0 Å². The lowest BCUT2D eigenvalue weighted by Gasteiger charge is -2.38. The van der Waals surface area contributed by atoms with E-state index in [9.17, 15) is 9.90 Å². The van der Waals surface area contributed by atoms with Crippen LogP contribution >= 0.6 is 0 Å². The summed E-state index contributed by atoms with van der Waals surface area (Å²) >= 11 is 0. The van der Waals surface area contributed by atoms with Crippen molar-refractivity contribution < 1.29 is 9.90 Å². The minimum Gasteiger partial charge on any atom is -0.385 e. The van der Waals surface area contributed by atoms with Gasteiger partial charge in [0.25, 0.3) is 0 Å². The van der Waals surface area contributed by atoms with Gasteiger partial charge in [0.05, 0.1) is 11.8 Å². The summed E-state index contributed by atoms with van der Waals surface area (Å²) in [6.07, 6.45) is 13.9. The number of allylic oxidation sites excluding steroid dienone is 2. The Hall–Kier alpha value is -2.67. The van der Waals surface area contributed by atoms with Crippen LogP contribution in [-0.4, -0.2) is 43.9 Å². The topological polar surface area (TPSA) is 83.3 Å². The predicted molar refractivity (Wildman–Crippen MR) is 107 cm³/mol. The first kappa shape index (κ1) is 18.7. The molecule has 0 bridgehead atoms. The molecule has 0 saturated carbocycles. The van der Waals surface area contributed by atoms with Gasteiger partial charge >= 0.3 is 6.03 Å². The molecular formula is C21H27N5O2. The van der Waals surface area contributed by atoms with Crippen molar-refractivity contribution in [3.05, 3.63) is 54.5 Å². The molecular weight excluding hydrogens is 354 g/mol. The summed E-state index contributed by atoms with van der Waals surface area (Å²) in [6, 6.07) is 5.42. The average molecular weight is 381 g/mol. The smallest absolute Gasteiger partial charge is 0.323 e. The molecule has 0 radical (unpaired) electrons. The molecule has 28 heavy (non-hydrogen) atoms. The van der Waals surface area contributed by atoms with Gasteiger partial charge in [-0.25, -0.2) is 9.48 Å². The highest BCUT2D eigenvalue weighted by Gasteiger charge is 2.35. The van der Waals surface area contributed by atoms with Crippen LogP contribution in [0.2, 0.25) is 0 Å². The molecule has 7 heteroatoms. The molecule has 1 saturated heterocycles. The highest BCUT2D eigenvalue weighted by molar-refractivity contribution is 5.88. The molecule has 2 amide bonds. The molecule has 148 valence electrons. The van der Waals surface area contributed by atoms with Crippen LogP contribution in [-0.2, 0) is 12.1 Å². The predicted octanol–water partition coefficient (Wildman–Crippen LogP) is 3.15. The van der Waals surface area contributed by atoms with E-state index in [1.165, 1.54) is 0 Å². The maximum Gasteiger partial charge on any atom is 0.323 e. The summed E-state index contributed by atoms with van der Waals surface area (Å²) < 4.78 is 1.89. The number of hydrogen-bond donors (Lipinski definition) is 2.